The van der Waals surface area contributed by atoms with Crippen LogP contribution in [0.1, 0.15) is 44.6 Å². The standard InChI is InChI=1S/C24H27NO3S/c1-2-18(24(26)27)11-17-7-10-22(28-14-16-5-3-4-6-16)20(12-17)19-8-9-21-23(13-19)29-15-25-21/h7-10,12-13,15-16,18H,2-6,11,14H2,1H3,(H,26,27). The van der Waals surface area contributed by atoms with E-state index in [9.17, 15) is 9.90 Å². The Kier molecular flexibility index (Phi) is 6.14. The third kappa shape index (κ3) is 4.61. The predicted octanol–water partition coefficient (Wildman–Crippen LogP) is 6.19. The van der Waals surface area contributed by atoms with Crippen LogP contribution >= 0.6 is 11.3 Å². The molecule has 1 unspecified atom stereocenters. The van der Waals surface area contributed by atoms with Gasteiger partial charge in [-0.25, -0.2) is 4.98 Å². The van der Waals surface area contributed by atoms with Crippen LogP contribution in [0, 0.1) is 11.8 Å². The summed E-state index contributed by atoms with van der Waals surface area (Å²) >= 11 is 1.63. The molecule has 1 fully saturated rings. The Labute approximate surface area is 175 Å². The van der Waals surface area contributed by atoms with E-state index < -0.39 is 5.97 Å². The predicted molar refractivity (Wildman–Crippen MR) is 118 cm³/mol. The first kappa shape index (κ1) is 19.9. The molecule has 152 valence electrons. The minimum Gasteiger partial charge on any atom is -0.493 e. The van der Waals surface area contributed by atoms with Gasteiger partial charge in [-0.3, -0.25) is 4.79 Å². The number of thiazole rings is 1. The van der Waals surface area contributed by atoms with Crippen molar-refractivity contribution in [1.29, 1.82) is 0 Å². The zero-order chi connectivity index (χ0) is 20.2. The highest BCUT2D eigenvalue weighted by molar-refractivity contribution is 7.16. The number of carboxylic acid groups (broad SMARTS) is 1. The van der Waals surface area contributed by atoms with Crippen molar-refractivity contribution in [2.75, 3.05) is 6.61 Å². The lowest BCUT2D eigenvalue weighted by Gasteiger charge is -2.17. The van der Waals surface area contributed by atoms with Crippen LogP contribution in [0.4, 0.5) is 0 Å². The smallest absolute Gasteiger partial charge is 0.306 e. The number of fused-ring (bicyclic) bond motifs is 1. The lowest BCUT2D eigenvalue weighted by atomic mass is 9.94. The van der Waals surface area contributed by atoms with E-state index in [4.69, 9.17) is 4.74 Å². The number of carbonyl (C=O) groups is 1. The highest BCUT2D eigenvalue weighted by Gasteiger charge is 2.19. The van der Waals surface area contributed by atoms with Crippen LogP contribution < -0.4 is 4.74 Å². The number of ether oxygens (including phenoxy) is 1. The Morgan fingerprint density at radius 1 is 1.24 bits per heavy atom. The second-order valence-corrected chi connectivity index (χ2v) is 8.86. The van der Waals surface area contributed by atoms with Gasteiger partial charge in [0, 0.05) is 5.56 Å². The quantitative estimate of drug-likeness (QED) is 0.482. The van der Waals surface area contributed by atoms with Gasteiger partial charge in [-0.05, 0) is 67.0 Å². The summed E-state index contributed by atoms with van der Waals surface area (Å²) in [6.07, 6.45) is 6.25. The first-order valence-electron chi connectivity index (χ1n) is 10.5. The molecule has 0 radical (unpaired) electrons. The average Bonchev–Trinajstić information content (AvgIpc) is 3.41. The summed E-state index contributed by atoms with van der Waals surface area (Å²) < 4.78 is 7.42. The molecule has 1 heterocycles. The van der Waals surface area contributed by atoms with Gasteiger partial charge in [0.1, 0.15) is 5.75 Å². The molecule has 4 nitrogen and oxygen atoms in total. The second kappa shape index (κ2) is 8.95. The van der Waals surface area contributed by atoms with E-state index in [1.165, 1.54) is 25.7 Å². The van der Waals surface area contributed by atoms with Crippen LogP contribution in [-0.2, 0) is 11.2 Å². The van der Waals surface area contributed by atoms with E-state index in [0.717, 1.165) is 39.3 Å². The van der Waals surface area contributed by atoms with Gasteiger partial charge in [-0.15, -0.1) is 11.3 Å². The highest BCUT2D eigenvalue weighted by atomic mass is 32.1. The molecule has 4 rings (SSSR count). The van der Waals surface area contributed by atoms with Crippen molar-refractivity contribution in [1.82, 2.24) is 4.98 Å². The average molecular weight is 410 g/mol. The van der Waals surface area contributed by atoms with Crippen molar-refractivity contribution >= 4 is 27.5 Å². The summed E-state index contributed by atoms with van der Waals surface area (Å²) in [7, 11) is 0. The molecular formula is C24H27NO3S. The van der Waals surface area contributed by atoms with Crippen LogP contribution in [0.2, 0.25) is 0 Å². The molecule has 5 heteroatoms. The molecule has 1 aromatic heterocycles. The molecule has 0 aliphatic heterocycles. The van der Waals surface area contributed by atoms with Crippen molar-refractivity contribution < 1.29 is 14.6 Å². The molecule has 1 atom stereocenters. The van der Waals surface area contributed by atoms with E-state index in [1.807, 2.05) is 30.6 Å². The van der Waals surface area contributed by atoms with Gasteiger partial charge in [-0.2, -0.15) is 0 Å². The number of hydrogen-bond acceptors (Lipinski definition) is 4. The lowest BCUT2D eigenvalue weighted by molar-refractivity contribution is -0.141. The number of benzene rings is 2. The third-order valence-electron chi connectivity index (χ3n) is 5.96. The molecule has 1 aliphatic carbocycles. The summed E-state index contributed by atoms with van der Waals surface area (Å²) in [6, 6.07) is 12.4. The Hall–Kier alpha value is -2.40. The second-order valence-electron chi connectivity index (χ2n) is 7.97. The molecular weight excluding hydrogens is 382 g/mol. The van der Waals surface area contributed by atoms with E-state index in [-0.39, 0.29) is 5.92 Å². The van der Waals surface area contributed by atoms with Gasteiger partial charge in [0.25, 0.3) is 0 Å². The fourth-order valence-electron chi connectivity index (χ4n) is 4.15. The minimum absolute atomic E-state index is 0.364. The molecule has 2 aromatic carbocycles. The molecule has 0 bridgehead atoms. The van der Waals surface area contributed by atoms with Crippen molar-refractivity contribution in [2.24, 2.45) is 11.8 Å². The number of rotatable bonds is 8. The number of hydrogen-bond donors (Lipinski definition) is 1. The summed E-state index contributed by atoms with van der Waals surface area (Å²) in [5, 5.41) is 9.45. The third-order valence-corrected chi connectivity index (χ3v) is 6.75. The maximum atomic E-state index is 11.5. The number of aromatic nitrogens is 1. The first-order chi connectivity index (χ1) is 14.1. The summed E-state index contributed by atoms with van der Waals surface area (Å²) in [5.74, 6) is 0.426. The zero-order valence-electron chi connectivity index (χ0n) is 16.8. The minimum atomic E-state index is -0.735. The van der Waals surface area contributed by atoms with Crippen molar-refractivity contribution in [3.05, 3.63) is 47.5 Å². The Balaban J connectivity index is 1.66. The highest BCUT2D eigenvalue weighted by Crippen LogP contribution is 2.35. The van der Waals surface area contributed by atoms with Gasteiger partial charge in [0.2, 0.25) is 0 Å². The summed E-state index contributed by atoms with van der Waals surface area (Å²) in [5.41, 5.74) is 6.03. The van der Waals surface area contributed by atoms with Gasteiger partial charge < -0.3 is 9.84 Å². The lowest BCUT2D eigenvalue weighted by Crippen LogP contribution is -2.15. The molecule has 0 amide bonds. The van der Waals surface area contributed by atoms with E-state index >= 15 is 0 Å². The fourth-order valence-corrected chi connectivity index (χ4v) is 4.87. The molecule has 0 spiro atoms. The van der Waals surface area contributed by atoms with Crippen LogP contribution in [0.15, 0.2) is 41.9 Å². The maximum Gasteiger partial charge on any atom is 0.306 e. The molecule has 0 saturated heterocycles. The van der Waals surface area contributed by atoms with Crippen molar-refractivity contribution in [3.8, 4) is 16.9 Å². The Bertz CT molecular complexity index is 991. The number of nitrogens with zero attached hydrogens (tertiary/aromatic N) is 1. The first-order valence-corrected chi connectivity index (χ1v) is 11.3. The molecule has 29 heavy (non-hydrogen) atoms. The van der Waals surface area contributed by atoms with Crippen LogP contribution in [-0.4, -0.2) is 22.7 Å². The summed E-state index contributed by atoms with van der Waals surface area (Å²) in [4.78, 5) is 15.9. The maximum absolute atomic E-state index is 11.5. The van der Waals surface area contributed by atoms with Gasteiger partial charge in [0.15, 0.2) is 0 Å². The normalized spacial score (nSPS) is 15.6. The van der Waals surface area contributed by atoms with E-state index in [1.54, 1.807) is 11.3 Å². The van der Waals surface area contributed by atoms with Crippen LogP contribution in [0.25, 0.3) is 21.3 Å². The Morgan fingerprint density at radius 3 is 2.83 bits per heavy atom. The molecule has 1 N–H and O–H groups in total. The van der Waals surface area contributed by atoms with Crippen molar-refractivity contribution in [3.63, 3.8) is 0 Å². The fraction of sp³-hybridized carbons (Fsp3) is 0.417. The van der Waals surface area contributed by atoms with E-state index in [2.05, 4.69) is 23.2 Å². The van der Waals surface area contributed by atoms with Gasteiger partial charge in [0.05, 0.1) is 28.3 Å². The van der Waals surface area contributed by atoms with Gasteiger partial charge >= 0.3 is 5.97 Å². The van der Waals surface area contributed by atoms with Crippen molar-refractivity contribution in [2.45, 2.75) is 45.4 Å². The van der Waals surface area contributed by atoms with E-state index in [0.29, 0.717) is 18.8 Å². The largest absolute Gasteiger partial charge is 0.493 e. The topological polar surface area (TPSA) is 59.4 Å². The van der Waals surface area contributed by atoms with Crippen LogP contribution in [0.5, 0.6) is 5.75 Å². The molecule has 1 saturated carbocycles. The zero-order valence-corrected chi connectivity index (χ0v) is 17.6. The molecule has 1 aliphatic rings. The van der Waals surface area contributed by atoms with Crippen LogP contribution in [0.3, 0.4) is 0 Å². The molecule has 3 aromatic rings. The SMILES string of the molecule is CCC(Cc1ccc(OCC2CCCC2)c(-c2ccc3ncsc3c2)c1)C(=O)O. The monoisotopic (exact) mass is 409 g/mol. The number of carboxylic acids is 1. The van der Waals surface area contributed by atoms with Gasteiger partial charge in [-0.1, -0.05) is 31.9 Å². The summed E-state index contributed by atoms with van der Waals surface area (Å²) in [6.45, 7) is 2.68. The number of aliphatic carboxylic acids is 1. The Morgan fingerprint density at radius 2 is 2.07 bits per heavy atom.